The molecule has 8 heteroatoms. The smallest absolute Gasteiger partial charge is 0.416 e. The van der Waals surface area contributed by atoms with Crippen LogP contribution in [0.15, 0.2) is 36.4 Å². The molecule has 0 unspecified atom stereocenters. The van der Waals surface area contributed by atoms with E-state index in [4.69, 9.17) is 16.3 Å². The highest BCUT2D eigenvalue weighted by atomic mass is 35.5. The number of halogens is 4. The van der Waals surface area contributed by atoms with E-state index in [1.807, 2.05) is 6.92 Å². The summed E-state index contributed by atoms with van der Waals surface area (Å²) in [6, 6.07) is 7.60. The van der Waals surface area contributed by atoms with E-state index in [0.717, 1.165) is 17.7 Å². The molecule has 0 atom stereocenters. The molecule has 0 aliphatic rings. The lowest BCUT2D eigenvalue weighted by atomic mass is 10.2. The fraction of sp³-hybridized carbons (Fsp3) is 0.235. The molecule has 2 aromatic carbocycles. The minimum Gasteiger partial charge on any atom is -0.495 e. The van der Waals surface area contributed by atoms with Crippen LogP contribution >= 0.6 is 11.6 Å². The fourth-order valence-electron chi connectivity index (χ4n) is 2.09. The second-order valence-corrected chi connectivity index (χ2v) is 5.69. The maximum Gasteiger partial charge on any atom is 0.416 e. The summed E-state index contributed by atoms with van der Waals surface area (Å²) in [4.78, 5) is 12.0. The molecule has 0 fully saturated rings. The Labute approximate surface area is 147 Å². The topological polar surface area (TPSA) is 50.4 Å². The summed E-state index contributed by atoms with van der Waals surface area (Å²) in [6.07, 6.45) is -4.41. The molecule has 1 amide bonds. The number of hydrogen-bond donors (Lipinski definition) is 2. The number of carbonyl (C=O) groups is 1. The van der Waals surface area contributed by atoms with Crippen LogP contribution in [0.25, 0.3) is 0 Å². The van der Waals surface area contributed by atoms with Crippen LogP contribution in [0.1, 0.15) is 11.1 Å². The average molecular weight is 373 g/mol. The minimum atomic E-state index is -4.41. The Kier molecular flexibility index (Phi) is 5.79. The number of rotatable bonds is 5. The molecule has 2 rings (SSSR count). The molecule has 134 valence electrons. The molecule has 0 saturated carbocycles. The second-order valence-electron chi connectivity index (χ2n) is 5.28. The maximum absolute atomic E-state index is 12.5. The fourth-order valence-corrected chi connectivity index (χ4v) is 2.25. The largest absolute Gasteiger partial charge is 0.495 e. The van der Waals surface area contributed by atoms with E-state index in [9.17, 15) is 18.0 Å². The van der Waals surface area contributed by atoms with Crippen LogP contribution < -0.4 is 15.4 Å². The summed E-state index contributed by atoms with van der Waals surface area (Å²) in [5.41, 5.74) is 0.907. The summed E-state index contributed by atoms with van der Waals surface area (Å²) in [6.45, 7) is 1.73. The van der Waals surface area contributed by atoms with Crippen molar-refractivity contribution in [2.45, 2.75) is 13.1 Å². The van der Waals surface area contributed by atoms with Crippen LogP contribution in [0, 0.1) is 6.92 Å². The summed E-state index contributed by atoms with van der Waals surface area (Å²) in [5.74, 6) is 0.0762. The molecule has 0 bridgehead atoms. The van der Waals surface area contributed by atoms with Gasteiger partial charge in [0.1, 0.15) is 5.75 Å². The van der Waals surface area contributed by atoms with Crippen molar-refractivity contribution in [1.82, 2.24) is 0 Å². The number of aryl methyl sites for hydroxylation is 1. The van der Waals surface area contributed by atoms with Crippen LogP contribution in [-0.4, -0.2) is 19.6 Å². The summed E-state index contributed by atoms with van der Waals surface area (Å²) in [7, 11) is 1.48. The molecule has 0 aromatic heterocycles. The Morgan fingerprint density at radius 3 is 2.40 bits per heavy atom. The Hall–Kier alpha value is -2.41. The van der Waals surface area contributed by atoms with Crippen molar-refractivity contribution < 1.29 is 22.7 Å². The van der Waals surface area contributed by atoms with Gasteiger partial charge < -0.3 is 15.4 Å². The molecule has 0 saturated heterocycles. The third-order valence-electron chi connectivity index (χ3n) is 3.42. The normalized spacial score (nSPS) is 11.1. The number of hydrogen-bond acceptors (Lipinski definition) is 3. The Balaban J connectivity index is 1.98. The molecular formula is C17H16ClF3N2O2. The van der Waals surface area contributed by atoms with E-state index in [-0.39, 0.29) is 12.2 Å². The lowest BCUT2D eigenvalue weighted by Gasteiger charge is -2.13. The monoisotopic (exact) mass is 372 g/mol. The van der Waals surface area contributed by atoms with Crippen molar-refractivity contribution in [1.29, 1.82) is 0 Å². The van der Waals surface area contributed by atoms with Gasteiger partial charge in [0.05, 0.1) is 24.9 Å². The van der Waals surface area contributed by atoms with Gasteiger partial charge in [-0.25, -0.2) is 0 Å². The zero-order valence-corrected chi connectivity index (χ0v) is 14.3. The number of amides is 1. The van der Waals surface area contributed by atoms with Crippen molar-refractivity contribution in [2.24, 2.45) is 0 Å². The molecule has 0 aliphatic heterocycles. The van der Waals surface area contributed by atoms with E-state index in [1.165, 1.54) is 19.2 Å². The molecule has 25 heavy (non-hydrogen) atoms. The van der Waals surface area contributed by atoms with Crippen LogP contribution in [0.4, 0.5) is 24.5 Å². The van der Waals surface area contributed by atoms with Gasteiger partial charge in [-0.1, -0.05) is 11.6 Å². The SMILES string of the molecule is COc1cc(Cl)c(C)cc1NCC(=O)Nc1ccc(C(F)(F)F)cc1. The first kappa shape index (κ1) is 18.9. The van der Waals surface area contributed by atoms with Crippen LogP contribution in [0.2, 0.25) is 5.02 Å². The lowest BCUT2D eigenvalue weighted by molar-refractivity contribution is -0.137. The lowest BCUT2D eigenvalue weighted by Crippen LogP contribution is -2.22. The van der Waals surface area contributed by atoms with Crippen molar-refractivity contribution in [2.75, 3.05) is 24.3 Å². The number of anilines is 2. The quantitative estimate of drug-likeness (QED) is 0.798. The van der Waals surface area contributed by atoms with Gasteiger partial charge in [-0.3, -0.25) is 4.79 Å². The van der Waals surface area contributed by atoms with Gasteiger partial charge in [0.15, 0.2) is 0 Å². The molecule has 2 aromatic rings. The number of methoxy groups -OCH3 is 1. The van der Waals surface area contributed by atoms with Crippen LogP contribution in [-0.2, 0) is 11.0 Å². The highest BCUT2D eigenvalue weighted by Crippen LogP contribution is 2.31. The van der Waals surface area contributed by atoms with Gasteiger partial charge in [0.2, 0.25) is 5.91 Å². The van der Waals surface area contributed by atoms with Crippen LogP contribution in [0.3, 0.4) is 0 Å². The highest BCUT2D eigenvalue weighted by Gasteiger charge is 2.29. The van der Waals surface area contributed by atoms with Gasteiger partial charge in [-0.05, 0) is 42.8 Å². The number of carbonyl (C=O) groups excluding carboxylic acids is 1. The number of alkyl halides is 3. The Bertz CT molecular complexity index is 762. The van der Waals surface area contributed by atoms with Crippen molar-refractivity contribution in [3.05, 3.63) is 52.5 Å². The second kappa shape index (κ2) is 7.65. The summed E-state index contributed by atoms with van der Waals surface area (Å²) in [5, 5.41) is 5.97. The summed E-state index contributed by atoms with van der Waals surface area (Å²) >= 11 is 6.01. The van der Waals surface area contributed by atoms with E-state index in [2.05, 4.69) is 10.6 Å². The van der Waals surface area contributed by atoms with Gasteiger partial charge in [-0.2, -0.15) is 13.2 Å². The van der Waals surface area contributed by atoms with Gasteiger partial charge in [-0.15, -0.1) is 0 Å². The average Bonchev–Trinajstić information content (AvgIpc) is 2.55. The third-order valence-corrected chi connectivity index (χ3v) is 3.82. The van der Waals surface area contributed by atoms with Crippen molar-refractivity contribution >= 4 is 28.9 Å². The number of ether oxygens (including phenoxy) is 1. The predicted molar refractivity (Wildman–Crippen MR) is 91.3 cm³/mol. The van der Waals surface area contributed by atoms with E-state index in [0.29, 0.717) is 16.5 Å². The van der Waals surface area contributed by atoms with E-state index < -0.39 is 17.6 Å². The van der Waals surface area contributed by atoms with E-state index >= 15 is 0 Å². The maximum atomic E-state index is 12.5. The number of nitrogens with one attached hydrogen (secondary N) is 2. The molecular weight excluding hydrogens is 357 g/mol. The van der Waals surface area contributed by atoms with Gasteiger partial charge in [0.25, 0.3) is 0 Å². The minimum absolute atomic E-state index is 0.0849. The van der Waals surface area contributed by atoms with Crippen molar-refractivity contribution in [3.8, 4) is 5.75 Å². The molecule has 2 N–H and O–H groups in total. The highest BCUT2D eigenvalue weighted by molar-refractivity contribution is 6.31. The van der Waals surface area contributed by atoms with Crippen LogP contribution in [0.5, 0.6) is 5.75 Å². The van der Waals surface area contributed by atoms with Crippen molar-refractivity contribution in [3.63, 3.8) is 0 Å². The standard InChI is InChI=1S/C17H16ClF3N2O2/c1-10-7-14(15(25-2)8-13(10)18)22-9-16(24)23-12-5-3-11(4-6-12)17(19,20)21/h3-8,22H,9H2,1-2H3,(H,23,24). The number of benzene rings is 2. The molecule has 4 nitrogen and oxygen atoms in total. The Morgan fingerprint density at radius 1 is 1.20 bits per heavy atom. The molecule has 0 aliphatic carbocycles. The summed E-state index contributed by atoms with van der Waals surface area (Å²) < 4.78 is 42.7. The zero-order chi connectivity index (χ0) is 18.6. The van der Waals surface area contributed by atoms with E-state index in [1.54, 1.807) is 12.1 Å². The third kappa shape index (κ3) is 5.03. The first-order valence-corrected chi connectivity index (χ1v) is 7.63. The first-order valence-electron chi connectivity index (χ1n) is 7.26. The molecule has 0 spiro atoms. The molecule has 0 radical (unpaired) electrons. The van der Waals surface area contributed by atoms with Gasteiger partial charge in [0, 0.05) is 16.8 Å². The molecule has 0 heterocycles. The zero-order valence-electron chi connectivity index (χ0n) is 13.5. The van der Waals surface area contributed by atoms with Gasteiger partial charge >= 0.3 is 6.18 Å². The first-order chi connectivity index (χ1) is 11.7. The predicted octanol–water partition coefficient (Wildman–Crippen LogP) is 4.73. The Morgan fingerprint density at radius 2 is 1.84 bits per heavy atom.